The molecule has 0 bridgehead atoms. The molecule has 0 N–H and O–H groups in total. The van der Waals surface area contributed by atoms with Gasteiger partial charge in [0.2, 0.25) is 5.72 Å². The maximum atomic E-state index is 6.77. The molecule has 0 amide bonds. The maximum absolute atomic E-state index is 6.77. The topological polar surface area (TPSA) is 37.3 Å². The van der Waals surface area contributed by atoms with Crippen LogP contribution in [0.2, 0.25) is 5.02 Å². The van der Waals surface area contributed by atoms with Crippen LogP contribution in [0.3, 0.4) is 0 Å². The largest absolute Gasteiger partial charge is 0.493 e. The molecule has 30 heavy (non-hydrogen) atoms. The van der Waals surface area contributed by atoms with Crippen molar-refractivity contribution in [3.8, 4) is 11.5 Å². The number of hydrazone groups is 1. The summed E-state index contributed by atoms with van der Waals surface area (Å²) in [5.74, 6) is 1.69. The number of ether oxygens (including phenoxy) is 2. The maximum Gasteiger partial charge on any atom is 0.200 e. The summed E-state index contributed by atoms with van der Waals surface area (Å²) in [5.41, 5.74) is 2.94. The lowest BCUT2D eigenvalue weighted by Gasteiger charge is -2.51. The molecule has 158 valence electrons. The molecule has 6 heteroatoms. The first-order valence-corrected chi connectivity index (χ1v) is 11.2. The van der Waals surface area contributed by atoms with E-state index in [4.69, 9.17) is 26.2 Å². The van der Waals surface area contributed by atoms with Gasteiger partial charge in [0.1, 0.15) is 0 Å². The SMILES string of the molecule is CCCN1CCC2(CC1)Oc1c(OC)cccc1[C@H]1CC(c3ccc(Cl)cc3)=NN12. The van der Waals surface area contributed by atoms with E-state index in [1.807, 2.05) is 24.3 Å². The van der Waals surface area contributed by atoms with Crippen LogP contribution in [0, 0.1) is 0 Å². The van der Waals surface area contributed by atoms with Crippen molar-refractivity contribution in [2.75, 3.05) is 26.7 Å². The van der Waals surface area contributed by atoms with E-state index in [1.54, 1.807) is 7.11 Å². The molecule has 0 aliphatic carbocycles. The Labute approximate surface area is 183 Å². The molecule has 1 atom stereocenters. The van der Waals surface area contributed by atoms with Gasteiger partial charge in [-0.2, -0.15) is 5.10 Å². The molecule has 3 aliphatic rings. The van der Waals surface area contributed by atoms with Crippen LogP contribution in [0.4, 0.5) is 0 Å². The minimum absolute atomic E-state index is 0.159. The van der Waals surface area contributed by atoms with Crippen molar-refractivity contribution in [1.29, 1.82) is 0 Å². The average molecular weight is 426 g/mol. The van der Waals surface area contributed by atoms with Gasteiger partial charge in [-0.05, 0) is 36.7 Å². The van der Waals surface area contributed by atoms with E-state index in [9.17, 15) is 0 Å². The van der Waals surface area contributed by atoms with Crippen LogP contribution in [0.1, 0.15) is 49.8 Å². The van der Waals surface area contributed by atoms with E-state index in [0.717, 1.165) is 72.3 Å². The summed E-state index contributed by atoms with van der Waals surface area (Å²) in [6.45, 7) is 5.42. The Morgan fingerprint density at radius 2 is 1.93 bits per heavy atom. The third-order valence-corrected chi connectivity index (χ3v) is 6.81. The highest BCUT2D eigenvalue weighted by Gasteiger charge is 2.52. The summed E-state index contributed by atoms with van der Waals surface area (Å²) >= 11 is 6.11. The Morgan fingerprint density at radius 3 is 2.63 bits per heavy atom. The fourth-order valence-corrected chi connectivity index (χ4v) is 5.15. The van der Waals surface area contributed by atoms with Gasteiger partial charge in [-0.3, -0.25) is 0 Å². The normalized spacial score (nSPS) is 22.3. The third kappa shape index (κ3) is 3.25. The molecule has 1 spiro atoms. The predicted octanol–water partition coefficient (Wildman–Crippen LogP) is 5.09. The minimum Gasteiger partial charge on any atom is -0.493 e. The summed E-state index contributed by atoms with van der Waals surface area (Å²) in [6.07, 6.45) is 3.89. The fourth-order valence-electron chi connectivity index (χ4n) is 5.02. The second kappa shape index (κ2) is 7.78. The van der Waals surface area contributed by atoms with Crippen LogP contribution < -0.4 is 9.47 Å². The van der Waals surface area contributed by atoms with Crippen LogP contribution in [-0.2, 0) is 0 Å². The molecule has 5 nitrogen and oxygen atoms in total. The van der Waals surface area contributed by atoms with E-state index in [0.29, 0.717) is 0 Å². The van der Waals surface area contributed by atoms with Gasteiger partial charge in [-0.1, -0.05) is 42.8 Å². The monoisotopic (exact) mass is 425 g/mol. The quantitative estimate of drug-likeness (QED) is 0.683. The third-order valence-electron chi connectivity index (χ3n) is 6.56. The lowest BCUT2D eigenvalue weighted by Crippen LogP contribution is -2.59. The van der Waals surface area contributed by atoms with E-state index in [-0.39, 0.29) is 6.04 Å². The summed E-state index contributed by atoms with van der Waals surface area (Å²) < 4.78 is 12.4. The van der Waals surface area contributed by atoms with Gasteiger partial charge in [0.25, 0.3) is 0 Å². The molecule has 3 heterocycles. The lowest BCUT2D eigenvalue weighted by molar-refractivity contribution is -0.150. The number of piperidine rings is 1. The van der Waals surface area contributed by atoms with Crippen molar-refractivity contribution in [2.24, 2.45) is 5.10 Å². The van der Waals surface area contributed by atoms with Crippen molar-refractivity contribution >= 4 is 17.3 Å². The van der Waals surface area contributed by atoms with Crippen molar-refractivity contribution in [1.82, 2.24) is 9.91 Å². The predicted molar refractivity (Wildman–Crippen MR) is 120 cm³/mol. The number of benzene rings is 2. The molecule has 3 aliphatic heterocycles. The van der Waals surface area contributed by atoms with Crippen LogP contribution in [0.25, 0.3) is 0 Å². The summed E-state index contributed by atoms with van der Waals surface area (Å²) in [4.78, 5) is 2.53. The molecule has 2 aromatic carbocycles. The molecule has 0 aromatic heterocycles. The zero-order chi connectivity index (χ0) is 20.7. The van der Waals surface area contributed by atoms with Crippen LogP contribution in [0.15, 0.2) is 47.6 Å². The Bertz CT molecular complexity index is 951. The summed E-state index contributed by atoms with van der Waals surface area (Å²) in [6, 6.07) is 14.3. The van der Waals surface area contributed by atoms with Crippen molar-refractivity contribution < 1.29 is 9.47 Å². The van der Waals surface area contributed by atoms with E-state index in [2.05, 4.69) is 35.0 Å². The average Bonchev–Trinajstić information content (AvgIpc) is 3.23. The van der Waals surface area contributed by atoms with Crippen LogP contribution in [-0.4, -0.2) is 48.1 Å². The zero-order valence-corrected chi connectivity index (χ0v) is 18.4. The number of likely N-dealkylation sites (tertiary alicyclic amines) is 1. The number of para-hydroxylation sites is 1. The fraction of sp³-hybridized carbons (Fsp3) is 0.458. The molecule has 0 unspecified atom stereocenters. The van der Waals surface area contributed by atoms with E-state index in [1.165, 1.54) is 6.42 Å². The molecule has 1 saturated heterocycles. The Kier molecular flexibility index (Phi) is 5.11. The highest BCUT2D eigenvalue weighted by atomic mass is 35.5. The molecule has 0 radical (unpaired) electrons. The highest BCUT2D eigenvalue weighted by molar-refractivity contribution is 6.30. The first-order valence-electron chi connectivity index (χ1n) is 10.8. The number of hydrogen-bond acceptors (Lipinski definition) is 5. The van der Waals surface area contributed by atoms with E-state index < -0.39 is 5.72 Å². The van der Waals surface area contributed by atoms with Crippen LogP contribution >= 0.6 is 11.6 Å². The second-order valence-corrected chi connectivity index (χ2v) is 8.82. The molecule has 1 fully saturated rings. The number of rotatable bonds is 4. The number of halogens is 1. The number of fused-ring (bicyclic) bond motifs is 4. The standard InChI is InChI=1S/C24H28ClN3O2/c1-3-13-27-14-11-24(12-15-27)28-21(19-5-4-6-22(29-2)23(19)30-24)16-20(26-28)17-7-9-18(25)10-8-17/h4-10,21H,3,11-16H2,1-2H3/t21-/m1/s1. The van der Waals surface area contributed by atoms with Crippen molar-refractivity contribution in [2.45, 2.75) is 44.4 Å². The highest BCUT2D eigenvalue weighted by Crippen LogP contribution is 2.52. The van der Waals surface area contributed by atoms with Crippen molar-refractivity contribution in [3.05, 3.63) is 58.6 Å². The number of nitrogens with zero attached hydrogens (tertiary/aromatic N) is 3. The first-order chi connectivity index (χ1) is 14.6. The summed E-state index contributed by atoms with van der Waals surface area (Å²) in [7, 11) is 1.71. The van der Waals surface area contributed by atoms with Gasteiger partial charge in [-0.15, -0.1) is 0 Å². The lowest BCUT2D eigenvalue weighted by atomic mass is 9.90. The van der Waals surface area contributed by atoms with Crippen molar-refractivity contribution in [3.63, 3.8) is 0 Å². The Balaban J connectivity index is 1.54. The van der Waals surface area contributed by atoms with Gasteiger partial charge >= 0.3 is 0 Å². The van der Waals surface area contributed by atoms with E-state index >= 15 is 0 Å². The van der Waals surface area contributed by atoms with Gasteiger partial charge in [0.05, 0.1) is 18.9 Å². The van der Waals surface area contributed by atoms with Gasteiger partial charge < -0.3 is 14.4 Å². The Hall–Kier alpha value is -2.24. The second-order valence-electron chi connectivity index (χ2n) is 8.39. The molecular formula is C24H28ClN3O2. The number of hydrogen-bond donors (Lipinski definition) is 0. The molecular weight excluding hydrogens is 398 g/mol. The summed E-state index contributed by atoms with van der Waals surface area (Å²) in [5, 5.41) is 8.13. The first kappa shape index (κ1) is 19.7. The smallest absolute Gasteiger partial charge is 0.200 e. The van der Waals surface area contributed by atoms with Crippen LogP contribution in [0.5, 0.6) is 11.5 Å². The number of methoxy groups -OCH3 is 1. The minimum atomic E-state index is -0.426. The zero-order valence-electron chi connectivity index (χ0n) is 17.6. The molecule has 5 rings (SSSR count). The molecule has 0 saturated carbocycles. The molecule has 2 aromatic rings. The van der Waals surface area contributed by atoms with Gasteiger partial charge in [-0.25, -0.2) is 5.01 Å². The van der Waals surface area contributed by atoms with Gasteiger partial charge in [0, 0.05) is 42.9 Å². The van der Waals surface area contributed by atoms with Gasteiger partial charge in [0.15, 0.2) is 11.5 Å². The Morgan fingerprint density at radius 1 is 1.17 bits per heavy atom.